The van der Waals surface area contributed by atoms with E-state index in [2.05, 4.69) is 28.6 Å². The Bertz CT molecular complexity index is 781. The second kappa shape index (κ2) is 11.2. The Morgan fingerprint density at radius 2 is 1.70 bits per heavy atom. The number of amides is 5. The fourth-order valence-electron chi connectivity index (χ4n) is 4.78. The van der Waals surface area contributed by atoms with Crippen LogP contribution in [0.4, 0.5) is 0 Å². The smallest absolute Gasteiger partial charge is 0.246 e. The minimum atomic E-state index is -1.10. The van der Waals surface area contributed by atoms with E-state index in [4.69, 9.17) is 0 Å². The number of carbonyl (C=O) groups is 5. The maximum Gasteiger partial charge on any atom is 0.246 e. The molecule has 33 heavy (non-hydrogen) atoms. The van der Waals surface area contributed by atoms with Crippen molar-refractivity contribution in [1.29, 1.82) is 0 Å². The van der Waals surface area contributed by atoms with Gasteiger partial charge in [0.1, 0.15) is 24.2 Å². The highest BCUT2D eigenvalue weighted by molar-refractivity contribution is 7.80. The summed E-state index contributed by atoms with van der Waals surface area (Å²) in [4.78, 5) is 68.6. The molecule has 3 saturated heterocycles. The van der Waals surface area contributed by atoms with Gasteiger partial charge in [0.2, 0.25) is 29.5 Å². The van der Waals surface area contributed by atoms with Gasteiger partial charge in [-0.3, -0.25) is 24.0 Å². The lowest BCUT2D eigenvalue weighted by Gasteiger charge is -2.31. The monoisotopic (exact) mass is 481 g/mol. The molecule has 0 aromatic rings. The number of nitrogens with zero attached hydrogens (tertiary/aromatic N) is 2. The fourth-order valence-corrected chi connectivity index (χ4v) is 4.94. The van der Waals surface area contributed by atoms with E-state index in [0.717, 1.165) is 0 Å². The van der Waals surface area contributed by atoms with E-state index in [1.165, 1.54) is 4.90 Å². The lowest BCUT2D eigenvalue weighted by Crippen LogP contribution is -2.58. The summed E-state index contributed by atoms with van der Waals surface area (Å²) in [5.74, 6) is -1.61. The number of carbonyl (C=O) groups excluding carboxylic acids is 5. The number of nitrogens with one attached hydrogen (secondary N) is 3. The summed E-state index contributed by atoms with van der Waals surface area (Å²) in [7, 11) is 0. The van der Waals surface area contributed by atoms with Crippen LogP contribution in [-0.4, -0.2) is 88.9 Å². The maximum atomic E-state index is 13.4. The van der Waals surface area contributed by atoms with Gasteiger partial charge in [0.05, 0.1) is 6.42 Å². The first kappa shape index (κ1) is 25.3. The molecule has 0 bridgehead atoms. The molecule has 0 spiro atoms. The maximum absolute atomic E-state index is 13.4. The molecule has 3 N–H and O–H groups in total. The number of hydrogen-bond acceptors (Lipinski definition) is 6. The standard InChI is InChI=1S/C22H35N5O5S/c1-13(2)18-21(31)24-14(19(29)23-8-5-11-33)12-17(28)26-9-4-7-16(26)22(32)27-10-3-6-15(27)20(30)25-18/h13-16,18,33H,3-12H2,1-2H3,(H,23,29)(H,24,31)(H,25,30)/t14-,15-,16+,18-/m0/s1. The average molecular weight is 482 g/mol. The van der Waals surface area contributed by atoms with Gasteiger partial charge in [-0.25, -0.2) is 0 Å². The molecular weight excluding hydrogens is 446 g/mol. The van der Waals surface area contributed by atoms with Gasteiger partial charge in [0.25, 0.3) is 0 Å². The van der Waals surface area contributed by atoms with Gasteiger partial charge >= 0.3 is 0 Å². The molecule has 3 aliphatic heterocycles. The Morgan fingerprint density at radius 1 is 1.03 bits per heavy atom. The molecule has 3 heterocycles. The third-order valence-electron chi connectivity index (χ3n) is 6.59. The van der Waals surface area contributed by atoms with Crippen molar-refractivity contribution < 1.29 is 24.0 Å². The second-order valence-corrected chi connectivity index (χ2v) is 9.75. The zero-order chi connectivity index (χ0) is 24.1. The van der Waals surface area contributed by atoms with Crippen LogP contribution in [0.5, 0.6) is 0 Å². The van der Waals surface area contributed by atoms with Gasteiger partial charge in [0.15, 0.2) is 0 Å². The molecular formula is C22H35N5O5S. The van der Waals surface area contributed by atoms with Crippen LogP contribution in [-0.2, 0) is 24.0 Å². The Kier molecular flexibility index (Phi) is 8.61. The van der Waals surface area contributed by atoms with E-state index in [0.29, 0.717) is 57.5 Å². The highest BCUT2D eigenvalue weighted by Crippen LogP contribution is 2.26. The van der Waals surface area contributed by atoms with Gasteiger partial charge < -0.3 is 25.8 Å². The highest BCUT2D eigenvalue weighted by Gasteiger charge is 2.44. The molecule has 0 aromatic heterocycles. The van der Waals surface area contributed by atoms with Crippen LogP contribution >= 0.6 is 12.6 Å². The third-order valence-corrected chi connectivity index (χ3v) is 6.91. The van der Waals surface area contributed by atoms with Crippen molar-refractivity contribution >= 4 is 42.2 Å². The van der Waals surface area contributed by atoms with Crippen LogP contribution < -0.4 is 16.0 Å². The van der Waals surface area contributed by atoms with Crippen LogP contribution in [0.3, 0.4) is 0 Å². The van der Waals surface area contributed by atoms with Crippen molar-refractivity contribution in [2.75, 3.05) is 25.4 Å². The number of fused-ring (bicyclic) bond motifs is 2. The molecule has 0 aromatic carbocycles. The van der Waals surface area contributed by atoms with Crippen LogP contribution in [0.25, 0.3) is 0 Å². The van der Waals surface area contributed by atoms with Crippen molar-refractivity contribution in [3.05, 3.63) is 0 Å². The van der Waals surface area contributed by atoms with Gasteiger partial charge in [-0.15, -0.1) is 0 Å². The quantitative estimate of drug-likeness (QED) is 0.309. The highest BCUT2D eigenvalue weighted by atomic mass is 32.1. The minimum Gasteiger partial charge on any atom is -0.354 e. The van der Waals surface area contributed by atoms with E-state index in [1.54, 1.807) is 18.7 Å². The van der Waals surface area contributed by atoms with Crippen LogP contribution in [0, 0.1) is 5.92 Å². The second-order valence-electron chi connectivity index (χ2n) is 9.30. The molecule has 3 aliphatic rings. The molecule has 184 valence electrons. The molecule has 10 nitrogen and oxygen atoms in total. The fraction of sp³-hybridized carbons (Fsp3) is 0.773. The average Bonchev–Trinajstić information content (AvgIpc) is 3.45. The summed E-state index contributed by atoms with van der Waals surface area (Å²) < 4.78 is 0. The van der Waals surface area contributed by atoms with Crippen LogP contribution in [0.15, 0.2) is 0 Å². The summed E-state index contributed by atoms with van der Waals surface area (Å²) >= 11 is 4.13. The lowest BCUT2D eigenvalue weighted by atomic mass is 10.0. The van der Waals surface area contributed by atoms with Gasteiger partial charge in [-0.05, 0) is 43.8 Å². The zero-order valence-electron chi connectivity index (χ0n) is 19.3. The molecule has 4 atom stereocenters. The normalized spacial score (nSPS) is 29.0. The molecule has 0 radical (unpaired) electrons. The summed E-state index contributed by atoms with van der Waals surface area (Å²) in [6, 6.07) is -3.29. The van der Waals surface area contributed by atoms with E-state index < -0.39 is 36.0 Å². The van der Waals surface area contributed by atoms with E-state index in [1.807, 2.05) is 0 Å². The van der Waals surface area contributed by atoms with E-state index >= 15 is 0 Å². The number of thiol groups is 1. The Labute approximate surface area is 200 Å². The van der Waals surface area contributed by atoms with Gasteiger partial charge in [0, 0.05) is 19.6 Å². The topological polar surface area (TPSA) is 128 Å². The summed E-state index contributed by atoms with van der Waals surface area (Å²) in [5.41, 5.74) is 0. The van der Waals surface area contributed by atoms with Gasteiger partial charge in [-0.1, -0.05) is 13.8 Å². The molecule has 11 heteroatoms. The lowest BCUT2D eigenvalue weighted by molar-refractivity contribution is -0.147. The van der Waals surface area contributed by atoms with Crippen molar-refractivity contribution in [2.24, 2.45) is 5.92 Å². The Hall–Kier alpha value is -2.30. The first-order valence-corrected chi connectivity index (χ1v) is 12.5. The van der Waals surface area contributed by atoms with Crippen molar-refractivity contribution in [1.82, 2.24) is 25.8 Å². The first-order valence-electron chi connectivity index (χ1n) is 11.8. The number of rotatable bonds is 5. The van der Waals surface area contributed by atoms with Crippen LogP contribution in [0.2, 0.25) is 0 Å². The van der Waals surface area contributed by atoms with Gasteiger partial charge in [-0.2, -0.15) is 12.6 Å². The summed E-state index contributed by atoms with van der Waals surface area (Å²) in [6.45, 7) is 4.82. The third kappa shape index (κ3) is 5.80. The largest absolute Gasteiger partial charge is 0.354 e. The van der Waals surface area contributed by atoms with E-state index in [9.17, 15) is 24.0 Å². The van der Waals surface area contributed by atoms with Crippen molar-refractivity contribution in [3.8, 4) is 0 Å². The van der Waals surface area contributed by atoms with Crippen molar-refractivity contribution in [3.63, 3.8) is 0 Å². The number of hydrogen-bond donors (Lipinski definition) is 4. The summed E-state index contributed by atoms with van der Waals surface area (Å²) in [5, 5.41) is 8.22. The first-order chi connectivity index (χ1) is 15.7. The van der Waals surface area contributed by atoms with E-state index in [-0.39, 0.29) is 30.1 Å². The predicted octanol–water partition coefficient (Wildman–Crippen LogP) is -0.566. The molecule has 0 saturated carbocycles. The predicted molar refractivity (Wildman–Crippen MR) is 124 cm³/mol. The Balaban J connectivity index is 1.92. The summed E-state index contributed by atoms with van der Waals surface area (Å²) in [6.07, 6.45) is 2.81. The SMILES string of the molecule is CC(C)[C@@H]1NC(=O)[C@@H]2CCCN2C(=O)[C@H]2CCCN2C(=O)C[C@@H](C(=O)NCCCS)NC1=O. The molecule has 0 aliphatic carbocycles. The zero-order valence-corrected chi connectivity index (χ0v) is 20.2. The van der Waals surface area contributed by atoms with Crippen molar-refractivity contribution in [2.45, 2.75) is 76.5 Å². The molecule has 3 fully saturated rings. The molecule has 3 rings (SSSR count). The minimum absolute atomic E-state index is 0.229. The van der Waals surface area contributed by atoms with Crippen LogP contribution in [0.1, 0.15) is 52.4 Å². The molecule has 5 amide bonds. The molecule has 0 unspecified atom stereocenters. The Morgan fingerprint density at radius 3 is 2.36 bits per heavy atom.